The van der Waals surface area contributed by atoms with Crippen molar-refractivity contribution in [3.63, 3.8) is 0 Å². The van der Waals surface area contributed by atoms with Crippen LogP contribution in [0.3, 0.4) is 0 Å². The monoisotopic (exact) mass is 349 g/mol. The molecule has 0 bridgehead atoms. The normalized spacial score (nSPS) is 10.4. The standard InChI is InChI=1S/C21H20FN3O/c1-25(14-11-16-9-12-23-13-10-16)20-7-5-19(6-8-20)24-21(26)17-3-2-4-18(22)15-17/h2-10,12-13,15H,11,14H2,1H3,(H,24,26). The molecule has 1 N–H and O–H groups in total. The Kier molecular flexibility index (Phi) is 5.59. The van der Waals surface area contributed by atoms with E-state index in [-0.39, 0.29) is 5.91 Å². The molecule has 0 saturated heterocycles. The maximum Gasteiger partial charge on any atom is 0.255 e. The maximum absolute atomic E-state index is 13.2. The largest absolute Gasteiger partial charge is 0.374 e. The predicted molar refractivity (Wildman–Crippen MR) is 102 cm³/mol. The van der Waals surface area contributed by atoms with Crippen LogP contribution in [0.2, 0.25) is 0 Å². The first-order valence-corrected chi connectivity index (χ1v) is 8.39. The second-order valence-corrected chi connectivity index (χ2v) is 6.04. The lowest BCUT2D eigenvalue weighted by molar-refractivity contribution is 0.102. The van der Waals surface area contributed by atoms with Gasteiger partial charge in [0, 0.05) is 42.9 Å². The van der Waals surface area contributed by atoms with Gasteiger partial charge < -0.3 is 10.2 Å². The Bertz CT molecular complexity index is 866. The Hall–Kier alpha value is -3.21. The Labute approximate surface area is 152 Å². The van der Waals surface area contributed by atoms with E-state index in [1.807, 2.05) is 43.4 Å². The molecule has 3 rings (SSSR count). The zero-order valence-corrected chi connectivity index (χ0v) is 14.5. The lowest BCUT2D eigenvalue weighted by Gasteiger charge is -2.19. The average Bonchev–Trinajstić information content (AvgIpc) is 2.67. The lowest BCUT2D eigenvalue weighted by Crippen LogP contribution is -2.20. The molecule has 0 aliphatic rings. The van der Waals surface area contributed by atoms with Crippen molar-refractivity contribution in [2.75, 3.05) is 23.8 Å². The molecule has 132 valence electrons. The summed E-state index contributed by atoms with van der Waals surface area (Å²) >= 11 is 0. The molecule has 5 heteroatoms. The summed E-state index contributed by atoms with van der Waals surface area (Å²) in [5.74, 6) is -0.757. The van der Waals surface area contributed by atoms with Gasteiger partial charge in [-0.2, -0.15) is 0 Å². The van der Waals surface area contributed by atoms with E-state index in [2.05, 4.69) is 15.2 Å². The van der Waals surface area contributed by atoms with E-state index < -0.39 is 5.82 Å². The van der Waals surface area contributed by atoms with Crippen molar-refractivity contribution in [3.8, 4) is 0 Å². The number of aromatic nitrogens is 1. The number of benzene rings is 2. The highest BCUT2D eigenvalue weighted by atomic mass is 19.1. The summed E-state index contributed by atoms with van der Waals surface area (Å²) in [5.41, 5.74) is 3.27. The Morgan fingerprint density at radius 2 is 1.81 bits per heavy atom. The lowest BCUT2D eigenvalue weighted by atomic mass is 10.2. The number of anilines is 2. The highest BCUT2D eigenvalue weighted by Crippen LogP contribution is 2.18. The van der Waals surface area contributed by atoms with Crippen LogP contribution in [0, 0.1) is 5.82 Å². The van der Waals surface area contributed by atoms with E-state index in [1.165, 1.54) is 23.8 Å². The van der Waals surface area contributed by atoms with Crippen molar-refractivity contribution in [2.45, 2.75) is 6.42 Å². The van der Waals surface area contributed by atoms with Gasteiger partial charge in [0.1, 0.15) is 5.82 Å². The van der Waals surface area contributed by atoms with Crippen LogP contribution in [0.4, 0.5) is 15.8 Å². The molecule has 1 aromatic heterocycles. The molecule has 0 saturated carbocycles. The van der Waals surface area contributed by atoms with Crippen LogP contribution < -0.4 is 10.2 Å². The van der Waals surface area contributed by atoms with Gasteiger partial charge in [0.2, 0.25) is 0 Å². The first kappa shape index (κ1) is 17.6. The van der Waals surface area contributed by atoms with Gasteiger partial charge in [-0.1, -0.05) is 6.07 Å². The van der Waals surface area contributed by atoms with Crippen molar-refractivity contribution in [2.24, 2.45) is 0 Å². The highest BCUT2D eigenvalue weighted by molar-refractivity contribution is 6.04. The number of carbonyl (C=O) groups is 1. The fourth-order valence-electron chi connectivity index (χ4n) is 2.61. The number of halogens is 1. The first-order valence-electron chi connectivity index (χ1n) is 8.39. The molecule has 2 aromatic carbocycles. The summed E-state index contributed by atoms with van der Waals surface area (Å²) in [6, 6.07) is 17.2. The maximum atomic E-state index is 13.2. The van der Waals surface area contributed by atoms with Gasteiger partial charge in [0.25, 0.3) is 5.91 Å². The van der Waals surface area contributed by atoms with Crippen molar-refractivity contribution in [3.05, 3.63) is 90.0 Å². The molecule has 0 spiro atoms. The van der Waals surface area contributed by atoms with Gasteiger partial charge >= 0.3 is 0 Å². The summed E-state index contributed by atoms with van der Waals surface area (Å²) in [6.45, 7) is 0.874. The van der Waals surface area contributed by atoms with Gasteiger partial charge in [-0.15, -0.1) is 0 Å². The number of carbonyl (C=O) groups excluding carboxylic acids is 1. The molecule has 26 heavy (non-hydrogen) atoms. The molecule has 3 aromatic rings. The van der Waals surface area contributed by atoms with Crippen LogP contribution in [-0.2, 0) is 6.42 Å². The smallest absolute Gasteiger partial charge is 0.255 e. The van der Waals surface area contributed by atoms with Crippen molar-refractivity contribution < 1.29 is 9.18 Å². The molecule has 0 aliphatic carbocycles. The molecular formula is C21H20FN3O. The van der Waals surface area contributed by atoms with Crippen molar-refractivity contribution in [1.82, 2.24) is 4.98 Å². The van der Waals surface area contributed by atoms with Gasteiger partial charge in [0.15, 0.2) is 0 Å². The summed E-state index contributed by atoms with van der Waals surface area (Å²) < 4.78 is 13.2. The zero-order valence-electron chi connectivity index (χ0n) is 14.5. The third kappa shape index (κ3) is 4.66. The number of rotatable bonds is 6. The molecule has 0 radical (unpaired) electrons. The fourth-order valence-corrected chi connectivity index (χ4v) is 2.61. The van der Waals surface area contributed by atoms with Gasteiger partial charge in [0.05, 0.1) is 0 Å². The Morgan fingerprint density at radius 3 is 2.50 bits per heavy atom. The second-order valence-electron chi connectivity index (χ2n) is 6.04. The van der Waals surface area contributed by atoms with Crippen LogP contribution >= 0.6 is 0 Å². The molecule has 0 aliphatic heterocycles. The molecule has 0 unspecified atom stereocenters. The van der Waals surface area contributed by atoms with E-state index in [9.17, 15) is 9.18 Å². The van der Waals surface area contributed by atoms with Gasteiger partial charge in [-0.25, -0.2) is 4.39 Å². The third-order valence-electron chi connectivity index (χ3n) is 4.14. The third-order valence-corrected chi connectivity index (χ3v) is 4.14. The number of likely N-dealkylation sites (N-methyl/N-ethyl adjacent to an activating group) is 1. The quantitative estimate of drug-likeness (QED) is 0.727. The van der Waals surface area contributed by atoms with E-state index in [4.69, 9.17) is 0 Å². The van der Waals surface area contributed by atoms with Crippen molar-refractivity contribution >= 4 is 17.3 Å². The molecule has 4 nitrogen and oxygen atoms in total. The van der Waals surface area contributed by atoms with Crippen LogP contribution in [-0.4, -0.2) is 24.5 Å². The van der Waals surface area contributed by atoms with Crippen LogP contribution in [0.25, 0.3) is 0 Å². The van der Waals surface area contributed by atoms with E-state index in [1.54, 1.807) is 18.5 Å². The fraction of sp³-hybridized carbons (Fsp3) is 0.143. The number of hydrogen-bond acceptors (Lipinski definition) is 3. The van der Waals surface area contributed by atoms with Crippen LogP contribution in [0.5, 0.6) is 0 Å². The summed E-state index contributed by atoms with van der Waals surface area (Å²) in [6.07, 6.45) is 4.52. The zero-order chi connectivity index (χ0) is 18.4. The minimum absolute atomic E-state index is 0.295. The average molecular weight is 349 g/mol. The summed E-state index contributed by atoms with van der Waals surface area (Å²) in [5, 5.41) is 2.78. The summed E-state index contributed by atoms with van der Waals surface area (Å²) in [4.78, 5) is 18.3. The molecular weight excluding hydrogens is 329 g/mol. The van der Waals surface area contributed by atoms with E-state index in [0.717, 1.165) is 18.7 Å². The van der Waals surface area contributed by atoms with E-state index in [0.29, 0.717) is 11.3 Å². The topological polar surface area (TPSA) is 45.2 Å². The van der Waals surface area contributed by atoms with Crippen LogP contribution in [0.1, 0.15) is 15.9 Å². The Balaban J connectivity index is 1.58. The van der Waals surface area contributed by atoms with E-state index >= 15 is 0 Å². The van der Waals surface area contributed by atoms with Gasteiger partial charge in [-0.3, -0.25) is 9.78 Å². The number of hydrogen-bond donors (Lipinski definition) is 1. The SMILES string of the molecule is CN(CCc1ccncc1)c1ccc(NC(=O)c2cccc(F)c2)cc1. The molecule has 1 heterocycles. The molecule has 0 atom stereocenters. The number of pyridine rings is 1. The number of amides is 1. The van der Waals surface area contributed by atoms with Crippen molar-refractivity contribution in [1.29, 1.82) is 0 Å². The van der Waals surface area contributed by atoms with Gasteiger partial charge in [-0.05, 0) is 66.6 Å². The Morgan fingerprint density at radius 1 is 1.08 bits per heavy atom. The first-order chi connectivity index (χ1) is 12.6. The molecule has 1 amide bonds. The summed E-state index contributed by atoms with van der Waals surface area (Å²) in [7, 11) is 2.03. The number of nitrogens with one attached hydrogen (secondary N) is 1. The number of nitrogens with zero attached hydrogens (tertiary/aromatic N) is 2. The minimum atomic E-state index is -0.427. The van der Waals surface area contributed by atoms with Crippen LogP contribution in [0.15, 0.2) is 73.1 Å². The predicted octanol–water partition coefficient (Wildman–Crippen LogP) is 4.15. The second kappa shape index (κ2) is 8.25. The molecule has 0 fully saturated rings. The minimum Gasteiger partial charge on any atom is -0.374 e. The highest BCUT2D eigenvalue weighted by Gasteiger charge is 2.07.